The average molecular weight is 351 g/mol. The Morgan fingerprint density at radius 1 is 1.12 bits per heavy atom. The molecule has 0 bridgehead atoms. The summed E-state index contributed by atoms with van der Waals surface area (Å²) in [6.45, 7) is 3.50. The Morgan fingerprint density at radius 3 is 2.69 bits per heavy atom. The zero-order valence-electron chi connectivity index (χ0n) is 14.5. The van der Waals surface area contributed by atoms with Gasteiger partial charge in [-0.05, 0) is 42.8 Å². The minimum Gasteiger partial charge on any atom is -0.348 e. The molecule has 0 unspecified atom stereocenters. The van der Waals surface area contributed by atoms with Gasteiger partial charge in [0.2, 0.25) is 5.91 Å². The third-order valence-corrected chi connectivity index (χ3v) is 3.85. The molecule has 3 rings (SSSR count). The molecule has 0 atom stereocenters. The lowest BCUT2D eigenvalue weighted by Gasteiger charge is -2.10. The van der Waals surface area contributed by atoms with Crippen molar-refractivity contribution in [2.24, 2.45) is 0 Å². The molecule has 1 aromatic heterocycles. The van der Waals surface area contributed by atoms with Crippen molar-refractivity contribution in [2.45, 2.75) is 20.4 Å². The number of benzene rings is 2. The molecule has 0 saturated carbocycles. The minimum atomic E-state index is -0.392. The smallest absolute Gasteiger partial charge is 0.252 e. The average Bonchev–Trinajstić information content (AvgIpc) is 2.58. The second kappa shape index (κ2) is 7.31. The highest BCUT2D eigenvalue weighted by Gasteiger charge is 2.12. The first-order valence-electron chi connectivity index (χ1n) is 8.14. The van der Waals surface area contributed by atoms with Gasteiger partial charge in [0, 0.05) is 36.3 Å². The standard InChI is InChI=1S/C20H18FN3O2/c1-12-8-18(17-7-6-15(21)10-19(17)23-12)20(26)22-11-14-4-3-5-16(9-14)24-13(2)25/h3-10H,11H2,1-2H3,(H,22,26)(H,24,25). The molecule has 132 valence electrons. The minimum absolute atomic E-state index is 0.155. The maximum atomic E-state index is 13.4. The maximum Gasteiger partial charge on any atom is 0.252 e. The van der Waals surface area contributed by atoms with Gasteiger partial charge in [-0.3, -0.25) is 14.6 Å². The van der Waals surface area contributed by atoms with E-state index in [4.69, 9.17) is 0 Å². The van der Waals surface area contributed by atoms with E-state index in [1.54, 1.807) is 31.2 Å². The SMILES string of the molecule is CC(=O)Nc1cccc(CNC(=O)c2cc(C)nc3cc(F)ccc23)c1. The van der Waals surface area contributed by atoms with E-state index in [0.717, 1.165) is 5.56 Å². The van der Waals surface area contributed by atoms with Gasteiger partial charge in [-0.1, -0.05) is 12.1 Å². The van der Waals surface area contributed by atoms with E-state index in [2.05, 4.69) is 15.6 Å². The van der Waals surface area contributed by atoms with Crippen molar-refractivity contribution in [3.05, 3.63) is 71.2 Å². The van der Waals surface area contributed by atoms with Crippen LogP contribution in [0.3, 0.4) is 0 Å². The van der Waals surface area contributed by atoms with Crippen molar-refractivity contribution in [3.63, 3.8) is 0 Å². The van der Waals surface area contributed by atoms with Crippen LogP contribution in [-0.2, 0) is 11.3 Å². The van der Waals surface area contributed by atoms with Crippen molar-refractivity contribution in [2.75, 3.05) is 5.32 Å². The van der Waals surface area contributed by atoms with E-state index >= 15 is 0 Å². The molecule has 0 aliphatic heterocycles. The summed E-state index contributed by atoms with van der Waals surface area (Å²) >= 11 is 0. The maximum absolute atomic E-state index is 13.4. The molecule has 0 spiro atoms. The van der Waals surface area contributed by atoms with Crippen LogP contribution in [0.1, 0.15) is 28.5 Å². The number of nitrogens with zero attached hydrogens (tertiary/aromatic N) is 1. The number of carbonyl (C=O) groups is 2. The van der Waals surface area contributed by atoms with Crippen LogP contribution >= 0.6 is 0 Å². The largest absolute Gasteiger partial charge is 0.348 e. The van der Waals surface area contributed by atoms with E-state index < -0.39 is 5.82 Å². The van der Waals surface area contributed by atoms with Gasteiger partial charge >= 0.3 is 0 Å². The second-order valence-corrected chi connectivity index (χ2v) is 6.04. The van der Waals surface area contributed by atoms with E-state index in [1.807, 2.05) is 12.1 Å². The Kier molecular flexibility index (Phi) is 4.93. The van der Waals surface area contributed by atoms with E-state index in [1.165, 1.54) is 19.1 Å². The summed E-state index contributed by atoms with van der Waals surface area (Å²) in [5.74, 6) is -0.814. The first-order chi connectivity index (χ1) is 12.4. The molecule has 26 heavy (non-hydrogen) atoms. The van der Waals surface area contributed by atoms with Crippen LogP contribution in [0.15, 0.2) is 48.5 Å². The molecule has 6 heteroatoms. The molecule has 1 heterocycles. The van der Waals surface area contributed by atoms with Gasteiger partial charge < -0.3 is 10.6 Å². The Morgan fingerprint density at radius 2 is 1.92 bits per heavy atom. The summed E-state index contributed by atoms with van der Waals surface area (Å²) in [5.41, 5.74) is 3.06. The van der Waals surface area contributed by atoms with Crippen LogP contribution in [0.25, 0.3) is 10.9 Å². The number of aromatic nitrogens is 1. The fourth-order valence-corrected chi connectivity index (χ4v) is 2.76. The summed E-state index contributed by atoms with van der Waals surface area (Å²) in [7, 11) is 0. The van der Waals surface area contributed by atoms with Crippen LogP contribution in [0, 0.1) is 12.7 Å². The topological polar surface area (TPSA) is 71.1 Å². The lowest BCUT2D eigenvalue weighted by molar-refractivity contribution is -0.114. The van der Waals surface area contributed by atoms with Gasteiger partial charge in [0.15, 0.2) is 0 Å². The number of aryl methyl sites for hydroxylation is 1. The van der Waals surface area contributed by atoms with E-state index in [0.29, 0.717) is 34.4 Å². The van der Waals surface area contributed by atoms with Gasteiger partial charge in [-0.25, -0.2) is 4.39 Å². The number of anilines is 1. The highest BCUT2D eigenvalue weighted by atomic mass is 19.1. The van der Waals surface area contributed by atoms with Gasteiger partial charge in [0.1, 0.15) is 5.82 Å². The van der Waals surface area contributed by atoms with Crippen LogP contribution in [0.4, 0.5) is 10.1 Å². The Balaban J connectivity index is 1.81. The molecule has 0 radical (unpaired) electrons. The quantitative estimate of drug-likeness (QED) is 0.755. The number of hydrogen-bond donors (Lipinski definition) is 2. The predicted octanol–water partition coefficient (Wildman–Crippen LogP) is 3.57. The molecule has 0 fully saturated rings. The van der Waals surface area contributed by atoms with Crippen LogP contribution in [0.5, 0.6) is 0 Å². The third kappa shape index (κ3) is 4.03. The molecule has 2 N–H and O–H groups in total. The van der Waals surface area contributed by atoms with Crippen molar-refractivity contribution < 1.29 is 14.0 Å². The number of carbonyl (C=O) groups excluding carboxylic acids is 2. The summed E-state index contributed by atoms with van der Waals surface area (Å²) in [6, 6.07) is 13.1. The van der Waals surface area contributed by atoms with Gasteiger partial charge in [-0.2, -0.15) is 0 Å². The predicted molar refractivity (Wildman–Crippen MR) is 98.4 cm³/mol. The lowest BCUT2D eigenvalue weighted by Crippen LogP contribution is -2.23. The first kappa shape index (κ1) is 17.5. The Bertz CT molecular complexity index is 996. The number of halogens is 1. The van der Waals surface area contributed by atoms with Crippen LogP contribution in [-0.4, -0.2) is 16.8 Å². The van der Waals surface area contributed by atoms with Crippen molar-refractivity contribution in [3.8, 4) is 0 Å². The Labute approximate surface area is 150 Å². The summed E-state index contributed by atoms with van der Waals surface area (Å²) < 4.78 is 13.4. The summed E-state index contributed by atoms with van der Waals surface area (Å²) in [5, 5.41) is 6.16. The highest BCUT2D eigenvalue weighted by Crippen LogP contribution is 2.20. The van der Waals surface area contributed by atoms with Crippen molar-refractivity contribution in [1.82, 2.24) is 10.3 Å². The molecular weight excluding hydrogens is 333 g/mol. The molecular formula is C20H18FN3O2. The highest BCUT2D eigenvalue weighted by molar-refractivity contribution is 6.06. The molecule has 0 aliphatic carbocycles. The van der Waals surface area contributed by atoms with Gasteiger partial charge in [-0.15, -0.1) is 0 Å². The van der Waals surface area contributed by atoms with Gasteiger partial charge in [0.25, 0.3) is 5.91 Å². The molecule has 2 amide bonds. The molecule has 3 aromatic rings. The number of hydrogen-bond acceptors (Lipinski definition) is 3. The molecule has 5 nitrogen and oxygen atoms in total. The Hall–Kier alpha value is -3.28. The number of rotatable bonds is 4. The fraction of sp³-hybridized carbons (Fsp3) is 0.150. The third-order valence-electron chi connectivity index (χ3n) is 3.85. The number of nitrogens with one attached hydrogen (secondary N) is 2. The number of pyridine rings is 1. The van der Waals surface area contributed by atoms with Crippen molar-refractivity contribution in [1.29, 1.82) is 0 Å². The number of fused-ring (bicyclic) bond motifs is 1. The van der Waals surface area contributed by atoms with E-state index in [9.17, 15) is 14.0 Å². The molecule has 0 saturated heterocycles. The van der Waals surface area contributed by atoms with Crippen LogP contribution in [0.2, 0.25) is 0 Å². The first-order valence-corrected chi connectivity index (χ1v) is 8.14. The molecule has 0 aliphatic rings. The fourth-order valence-electron chi connectivity index (χ4n) is 2.76. The lowest BCUT2D eigenvalue weighted by atomic mass is 10.1. The normalized spacial score (nSPS) is 10.6. The summed E-state index contributed by atoms with van der Waals surface area (Å²) in [4.78, 5) is 28.0. The van der Waals surface area contributed by atoms with E-state index in [-0.39, 0.29) is 11.8 Å². The monoisotopic (exact) mass is 351 g/mol. The van der Waals surface area contributed by atoms with Crippen LogP contribution < -0.4 is 10.6 Å². The number of amides is 2. The van der Waals surface area contributed by atoms with Gasteiger partial charge in [0.05, 0.1) is 11.1 Å². The second-order valence-electron chi connectivity index (χ2n) is 6.04. The van der Waals surface area contributed by atoms with Crippen molar-refractivity contribution >= 4 is 28.4 Å². The summed E-state index contributed by atoms with van der Waals surface area (Å²) in [6.07, 6.45) is 0. The zero-order valence-corrected chi connectivity index (χ0v) is 14.5. The zero-order chi connectivity index (χ0) is 18.7. The molecule has 2 aromatic carbocycles.